The molecule has 2 unspecified atom stereocenters. The zero-order chi connectivity index (χ0) is 18.1. The molecule has 0 bridgehead atoms. The Kier molecular flexibility index (Phi) is 15.8. The maximum absolute atomic E-state index is 10.3. The van der Waals surface area contributed by atoms with Crippen molar-refractivity contribution in [2.24, 2.45) is 22.7 Å². The number of carboxylic acids is 2. The molecule has 2 atom stereocenters. The van der Waals surface area contributed by atoms with Crippen LogP contribution < -0.4 is 0 Å². The fourth-order valence-electron chi connectivity index (χ4n) is 2.83. The van der Waals surface area contributed by atoms with Gasteiger partial charge in [0.05, 0.1) is 0 Å². The summed E-state index contributed by atoms with van der Waals surface area (Å²) in [5.41, 5.74) is 0.490. The average molecular weight is 454 g/mol. The Labute approximate surface area is 182 Å². The minimum Gasteiger partial charge on any atom is -0.481 e. The molecule has 0 aliphatic carbocycles. The van der Waals surface area contributed by atoms with Crippen molar-refractivity contribution in [1.82, 2.24) is 0 Å². The van der Waals surface area contributed by atoms with E-state index in [9.17, 15) is 9.59 Å². The molecule has 0 saturated carbocycles. The second-order valence-electron chi connectivity index (χ2n) is 8.94. The molecule has 0 aliphatic heterocycles. The summed E-state index contributed by atoms with van der Waals surface area (Å²) in [6.45, 7) is 16.8. The number of aliphatic carboxylic acids is 2. The van der Waals surface area contributed by atoms with Gasteiger partial charge in [-0.25, -0.2) is 0 Å². The zero-order valence-corrected chi connectivity index (χ0v) is 20.8. The van der Waals surface area contributed by atoms with Crippen LogP contribution in [0.1, 0.15) is 81.1 Å². The van der Waals surface area contributed by atoms with Crippen LogP contribution in [-0.4, -0.2) is 71.0 Å². The van der Waals surface area contributed by atoms with Crippen molar-refractivity contribution in [3.8, 4) is 0 Å². The van der Waals surface area contributed by atoms with E-state index in [0.717, 1.165) is 12.8 Å². The number of rotatable bonds is 6. The van der Waals surface area contributed by atoms with Crippen LogP contribution in [0.15, 0.2) is 0 Å². The summed E-state index contributed by atoms with van der Waals surface area (Å²) in [7, 11) is 0. The topological polar surface area (TPSA) is 74.6 Å². The van der Waals surface area contributed by atoms with Crippen molar-refractivity contribution in [1.29, 1.82) is 0 Å². The molecule has 2 radical (unpaired) electrons. The first-order valence-electron chi connectivity index (χ1n) is 8.06. The Morgan fingerprint density at radius 3 is 1.09 bits per heavy atom. The molecule has 0 amide bonds. The van der Waals surface area contributed by atoms with Crippen molar-refractivity contribution in [2.75, 3.05) is 0 Å². The van der Waals surface area contributed by atoms with Crippen molar-refractivity contribution in [3.63, 3.8) is 0 Å². The summed E-state index contributed by atoms with van der Waals surface area (Å²) in [4.78, 5) is 20.6. The molecule has 0 aromatic rings. The van der Waals surface area contributed by atoms with Crippen LogP contribution in [0.4, 0.5) is 0 Å². The van der Waals surface area contributed by atoms with Crippen LogP contribution in [0.5, 0.6) is 0 Å². The van der Waals surface area contributed by atoms with E-state index in [-0.39, 0.29) is 84.4 Å². The number of carbonyl (C=O) groups is 2. The van der Waals surface area contributed by atoms with Crippen LogP contribution in [-0.2, 0) is 9.59 Å². The van der Waals surface area contributed by atoms with E-state index in [1.54, 1.807) is 0 Å². The fraction of sp³-hybridized carbons (Fsp3) is 0.889. The maximum Gasteiger partial charge on any atom is 0.303 e. The number of hydrogen-bond donors (Lipinski definition) is 2. The van der Waals surface area contributed by atoms with Gasteiger partial charge in [0.25, 0.3) is 0 Å². The minimum atomic E-state index is -0.693. The van der Waals surface area contributed by atoms with Crippen LogP contribution in [0, 0.1) is 22.7 Å². The minimum absolute atomic E-state index is 0. The van der Waals surface area contributed by atoms with Crippen molar-refractivity contribution >= 4 is 60.8 Å². The standard InChI is InChI=1S/2C9H18O2.Ba/c2*1-7(5-8(10)11)6-9(2,3)4;/h2*7H,5-6H2,1-4H3,(H,10,11);. The van der Waals surface area contributed by atoms with Crippen molar-refractivity contribution in [3.05, 3.63) is 0 Å². The van der Waals surface area contributed by atoms with Crippen molar-refractivity contribution in [2.45, 2.75) is 81.1 Å². The first-order chi connectivity index (χ1) is 9.62. The van der Waals surface area contributed by atoms with E-state index < -0.39 is 11.9 Å². The summed E-state index contributed by atoms with van der Waals surface area (Å²) in [5, 5.41) is 17.0. The molecular weight excluding hydrogens is 418 g/mol. The maximum atomic E-state index is 10.3. The van der Waals surface area contributed by atoms with E-state index in [0.29, 0.717) is 0 Å². The number of carboxylic acid groups (broad SMARTS) is 2. The Hall–Kier alpha value is 0.511. The van der Waals surface area contributed by atoms with Gasteiger partial charge < -0.3 is 10.2 Å². The van der Waals surface area contributed by atoms with Gasteiger partial charge in [0.1, 0.15) is 0 Å². The molecule has 0 heterocycles. The Morgan fingerprint density at radius 2 is 0.957 bits per heavy atom. The Morgan fingerprint density at radius 1 is 0.739 bits per heavy atom. The molecule has 23 heavy (non-hydrogen) atoms. The molecule has 4 nitrogen and oxygen atoms in total. The van der Waals surface area contributed by atoms with Gasteiger partial charge in [-0.1, -0.05) is 55.4 Å². The summed E-state index contributed by atoms with van der Waals surface area (Å²) >= 11 is 0. The molecule has 0 saturated heterocycles. The summed E-state index contributed by atoms with van der Waals surface area (Å²) in [6, 6.07) is 0. The molecule has 0 aliphatic rings. The third-order valence-corrected chi connectivity index (χ3v) is 2.97. The monoisotopic (exact) mass is 454 g/mol. The Balaban J connectivity index is -0.000000333. The van der Waals surface area contributed by atoms with Gasteiger partial charge in [0.15, 0.2) is 0 Å². The van der Waals surface area contributed by atoms with E-state index in [4.69, 9.17) is 10.2 Å². The van der Waals surface area contributed by atoms with E-state index >= 15 is 0 Å². The van der Waals surface area contributed by atoms with Gasteiger partial charge in [0, 0.05) is 61.7 Å². The van der Waals surface area contributed by atoms with Gasteiger partial charge >= 0.3 is 11.9 Å². The van der Waals surface area contributed by atoms with Gasteiger partial charge in [-0.2, -0.15) is 0 Å². The summed E-state index contributed by atoms with van der Waals surface area (Å²) in [6.07, 6.45) is 2.52. The third-order valence-electron chi connectivity index (χ3n) is 2.97. The molecule has 0 rings (SSSR count). The first-order valence-corrected chi connectivity index (χ1v) is 8.06. The SMILES string of the molecule is CC(CC(=O)O)CC(C)(C)C.CC(CC(=O)O)CC(C)(C)C.[Ba]. The van der Waals surface area contributed by atoms with E-state index in [1.165, 1.54) is 0 Å². The first kappa shape index (κ1) is 28.3. The fourth-order valence-corrected chi connectivity index (χ4v) is 2.83. The smallest absolute Gasteiger partial charge is 0.303 e. The molecular formula is C18H36BaO4. The van der Waals surface area contributed by atoms with Gasteiger partial charge in [-0.05, 0) is 35.5 Å². The average Bonchev–Trinajstić information content (AvgIpc) is 2.07. The van der Waals surface area contributed by atoms with E-state index in [1.807, 2.05) is 13.8 Å². The molecule has 134 valence electrons. The zero-order valence-electron chi connectivity index (χ0n) is 16.4. The molecule has 5 heteroatoms. The van der Waals surface area contributed by atoms with Gasteiger partial charge in [-0.3, -0.25) is 9.59 Å². The molecule has 2 N–H and O–H groups in total. The van der Waals surface area contributed by atoms with Gasteiger partial charge in [-0.15, -0.1) is 0 Å². The largest absolute Gasteiger partial charge is 0.481 e. The molecule has 0 fully saturated rings. The second kappa shape index (κ2) is 12.8. The molecule has 0 spiro atoms. The normalized spacial score (nSPS) is 13.9. The van der Waals surface area contributed by atoms with Crippen LogP contribution in [0.2, 0.25) is 0 Å². The Bertz CT molecular complexity index is 306. The van der Waals surface area contributed by atoms with E-state index in [2.05, 4.69) is 41.5 Å². The molecule has 0 aromatic heterocycles. The quantitative estimate of drug-likeness (QED) is 0.572. The second-order valence-corrected chi connectivity index (χ2v) is 8.94. The third kappa shape index (κ3) is 27.6. The summed E-state index contributed by atoms with van der Waals surface area (Å²) < 4.78 is 0. The van der Waals surface area contributed by atoms with Crippen LogP contribution >= 0.6 is 0 Å². The van der Waals surface area contributed by atoms with Crippen LogP contribution in [0.3, 0.4) is 0 Å². The number of hydrogen-bond acceptors (Lipinski definition) is 2. The predicted molar refractivity (Wildman–Crippen MR) is 96.7 cm³/mol. The molecule has 0 aromatic carbocycles. The van der Waals surface area contributed by atoms with Crippen LogP contribution in [0.25, 0.3) is 0 Å². The summed E-state index contributed by atoms with van der Waals surface area (Å²) in [5.74, 6) is -0.816. The predicted octanol–water partition coefficient (Wildman–Crippen LogP) is 4.69. The van der Waals surface area contributed by atoms with Gasteiger partial charge in [0.2, 0.25) is 0 Å². The van der Waals surface area contributed by atoms with Crippen molar-refractivity contribution < 1.29 is 19.8 Å².